The number of nitrogens with zero attached hydrogens (tertiary/aromatic N) is 2. The molecule has 2 aromatic heterocycles. The monoisotopic (exact) mass is 368 g/mol. The molecular weight excluding hydrogens is 347 g/mol. The summed E-state index contributed by atoms with van der Waals surface area (Å²) in [6.45, 7) is 4.00. The lowest BCUT2D eigenvalue weighted by molar-refractivity contribution is -0.125. The molecule has 27 heavy (non-hydrogen) atoms. The van der Waals surface area contributed by atoms with Crippen molar-refractivity contribution < 1.29 is 14.0 Å². The quantitative estimate of drug-likeness (QED) is 0.702. The van der Waals surface area contributed by atoms with E-state index in [-0.39, 0.29) is 24.2 Å². The Morgan fingerprint density at radius 1 is 1.22 bits per heavy atom. The van der Waals surface area contributed by atoms with Gasteiger partial charge in [-0.1, -0.05) is 12.1 Å². The van der Waals surface area contributed by atoms with E-state index < -0.39 is 6.04 Å². The first-order chi connectivity index (χ1) is 13.0. The van der Waals surface area contributed by atoms with Crippen LogP contribution in [0.1, 0.15) is 31.0 Å². The van der Waals surface area contributed by atoms with Gasteiger partial charge in [0.25, 0.3) is 0 Å². The van der Waals surface area contributed by atoms with Gasteiger partial charge in [-0.15, -0.1) is 0 Å². The summed E-state index contributed by atoms with van der Waals surface area (Å²) in [6.07, 6.45) is 5.45. The van der Waals surface area contributed by atoms with E-state index in [0.29, 0.717) is 0 Å². The van der Waals surface area contributed by atoms with Gasteiger partial charge in [-0.2, -0.15) is 0 Å². The first-order valence-electron chi connectivity index (χ1n) is 8.71. The third-order valence-electron chi connectivity index (χ3n) is 4.37. The van der Waals surface area contributed by atoms with Crippen LogP contribution in [-0.4, -0.2) is 27.9 Å². The number of rotatable bonds is 6. The number of amides is 2. The maximum atomic E-state index is 13.4. The maximum absolute atomic E-state index is 13.4. The molecule has 2 N–H and O–H groups in total. The fourth-order valence-electron chi connectivity index (χ4n) is 3.07. The van der Waals surface area contributed by atoms with E-state index in [1.165, 1.54) is 19.1 Å². The summed E-state index contributed by atoms with van der Waals surface area (Å²) in [5.74, 6) is -0.953. The Labute approximate surface area is 156 Å². The van der Waals surface area contributed by atoms with Crippen LogP contribution in [0.5, 0.6) is 0 Å². The summed E-state index contributed by atoms with van der Waals surface area (Å²) in [5.41, 5.74) is 2.59. The number of nitrogens with one attached hydrogen (secondary N) is 2. The highest BCUT2D eigenvalue weighted by Crippen LogP contribution is 2.30. The first-order valence-corrected chi connectivity index (χ1v) is 8.71. The van der Waals surface area contributed by atoms with Gasteiger partial charge in [0.1, 0.15) is 5.82 Å². The minimum atomic E-state index is -0.482. The summed E-state index contributed by atoms with van der Waals surface area (Å²) in [7, 11) is 0. The fraction of sp³-hybridized carbons (Fsp3) is 0.250. The van der Waals surface area contributed by atoms with E-state index in [1.54, 1.807) is 24.5 Å². The van der Waals surface area contributed by atoms with E-state index in [1.807, 2.05) is 23.8 Å². The molecule has 0 spiro atoms. The molecule has 140 valence electrons. The van der Waals surface area contributed by atoms with Gasteiger partial charge in [-0.05, 0) is 30.7 Å². The number of carbonyl (C=O) groups is 2. The summed E-state index contributed by atoms with van der Waals surface area (Å²) in [4.78, 5) is 27.6. The molecule has 0 aliphatic heterocycles. The molecule has 0 aliphatic rings. The average Bonchev–Trinajstić information content (AvgIpc) is 3.04. The molecule has 1 atom stereocenters. The third kappa shape index (κ3) is 4.13. The van der Waals surface area contributed by atoms with Gasteiger partial charge in [-0.25, -0.2) is 4.39 Å². The molecule has 0 bridgehead atoms. The highest BCUT2D eigenvalue weighted by atomic mass is 19.1. The van der Waals surface area contributed by atoms with Crippen LogP contribution in [0.25, 0.3) is 10.9 Å². The van der Waals surface area contributed by atoms with Crippen molar-refractivity contribution >= 4 is 22.7 Å². The lowest BCUT2D eigenvalue weighted by Crippen LogP contribution is -2.38. The van der Waals surface area contributed by atoms with Crippen molar-refractivity contribution in [1.82, 2.24) is 20.2 Å². The zero-order valence-corrected chi connectivity index (χ0v) is 15.2. The number of halogens is 1. The Kier molecular flexibility index (Phi) is 5.49. The van der Waals surface area contributed by atoms with Gasteiger partial charge in [-0.3, -0.25) is 14.6 Å². The fourth-order valence-corrected chi connectivity index (χ4v) is 3.07. The summed E-state index contributed by atoms with van der Waals surface area (Å²) in [6, 6.07) is 7.44. The van der Waals surface area contributed by atoms with E-state index in [4.69, 9.17) is 0 Å². The molecule has 0 radical (unpaired) electrons. The molecule has 1 aromatic carbocycles. The second kappa shape index (κ2) is 7.99. The number of aryl methyl sites for hydroxylation is 1. The van der Waals surface area contributed by atoms with Crippen molar-refractivity contribution in [2.45, 2.75) is 26.4 Å². The van der Waals surface area contributed by atoms with E-state index in [2.05, 4.69) is 15.6 Å². The van der Waals surface area contributed by atoms with Crippen LogP contribution in [0.3, 0.4) is 0 Å². The van der Waals surface area contributed by atoms with Crippen LogP contribution in [0.15, 0.2) is 48.9 Å². The number of fused-ring (bicyclic) bond motifs is 1. The predicted molar refractivity (Wildman–Crippen MR) is 100 cm³/mol. The number of pyridine rings is 1. The van der Waals surface area contributed by atoms with Crippen molar-refractivity contribution in [2.75, 3.05) is 6.54 Å². The molecular formula is C20H21FN4O2. The molecule has 0 aliphatic carbocycles. The van der Waals surface area contributed by atoms with Crippen LogP contribution in [-0.2, 0) is 16.1 Å². The highest BCUT2D eigenvalue weighted by Gasteiger charge is 2.22. The number of hydrogen-bond donors (Lipinski definition) is 2. The minimum Gasteiger partial charge on any atom is -0.347 e. The van der Waals surface area contributed by atoms with E-state index in [0.717, 1.165) is 28.6 Å². The third-order valence-corrected chi connectivity index (χ3v) is 4.37. The smallest absolute Gasteiger partial charge is 0.240 e. The number of hydrogen-bond acceptors (Lipinski definition) is 3. The molecule has 2 amide bonds. The number of benzene rings is 1. The summed E-state index contributed by atoms with van der Waals surface area (Å²) in [5, 5.41) is 6.39. The average molecular weight is 368 g/mol. The summed E-state index contributed by atoms with van der Waals surface area (Å²) < 4.78 is 15.4. The van der Waals surface area contributed by atoms with Crippen molar-refractivity contribution in [2.24, 2.45) is 0 Å². The van der Waals surface area contributed by atoms with Crippen LogP contribution in [0.4, 0.5) is 4.39 Å². The lowest BCUT2D eigenvalue weighted by Gasteiger charge is -2.19. The second-order valence-electron chi connectivity index (χ2n) is 6.23. The molecule has 3 aromatic rings. The van der Waals surface area contributed by atoms with Crippen molar-refractivity contribution in [3.63, 3.8) is 0 Å². The largest absolute Gasteiger partial charge is 0.347 e. The molecule has 7 heteroatoms. The standard InChI is InChI=1S/C20H21FN4O2/c1-3-25-12-17(16-8-9-22-10-18(16)25)20(14-4-6-15(21)7-5-14)24-19(27)11-23-13(2)26/h4-10,12,20H,3,11H2,1-2H3,(H,23,26)(H,24,27)/t20-/m1/s1. The molecule has 6 nitrogen and oxygen atoms in total. The SMILES string of the molecule is CCn1cc([C@H](NC(=O)CNC(C)=O)c2ccc(F)cc2)c2ccncc21. The van der Waals surface area contributed by atoms with Gasteiger partial charge >= 0.3 is 0 Å². The predicted octanol–water partition coefficient (Wildman–Crippen LogP) is 2.54. The van der Waals surface area contributed by atoms with E-state index in [9.17, 15) is 14.0 Å². The molecule has 0 saturated heterocycles. The van der Waals surface area contributed by atoms with Crippen LogP contribution in [0, 0.1) is 5.82 Å². The van der Waals surface area contributed by atoms with Gasteiger partial charge in [0.05, 0.1) is 24.3 Å². The van der Waals surface area contributed by atoms with Gasteiger partial charge in [0.15, 0.2) is 0 Å². The highest BCUT2D eigenvalue weighted by molar-refractivity contribution is 5.87. The number of carbonyl (C=O) groups excluding carboxylic acids is 2. The molecule has 0 saturated carbocycles. The van der Waals surface area contributed by atoms with Crippen LogP contribution < -0.4 is 10.6 Å². The maximum Gasteiger partial charge on any atom is 0.240 e. The molecule has 3 rings (SSSR count). The minimum absolute atomic E-state index is 0.124. The van der Waals surface area contributed by atoms with Crippen LogP contribution >= 0.6 is 0 Å². The Balaban J connectivity index is 2.03. The Morgan fingerprint density at radius 3 is 2.63 bits per heavy atom. The topological polar surface area (TPSA) is 76.0 Å². The van der Waals surface area contributed by atoms with E-state index >= 15 is 0 Å². The summed E-state index contributed by atoms with van der Waals surface area (Å²) >= 11 is 0. The Morgan fingerprint density at radius 2 is 1.96 bits per heavy atom. The van der Waals surface area contributed by atoms with Crippen LogP contribution in [0.2, 0.25) is 0 Å². The molecule has 0 fully saturated rings. The normalized spacial score (nSPS) is 12.0. The zero-order valence-electron chi connectivity index (χ0n) is 15.2. The Hall–Kier alpha value is -3.22. The van der Waals surface area contributed by atoms with Gasteiger partial charge < -0.3 is 15.2 Å². The van der Waals surface area contributed by atoms with Gasteiger partial charge in [0.2, 0.25) is 11.8 Å². The molecule has 0 unspecified atom stereocenters. The lowest BCUT2D eigenvalue weighted by atomic mass is 9.98. The van der Waals surface area contributed by atoms with Crippen molar-refractivity contribution in [1.29, 1.82) is 0 Å². The van der Waals surface area contributed by atoms with Crippen molar-refractivity contribution in [3.05, 3.63) is 65.9 Å². The number of aromatic nitrogens is 2. The Bertz CT molecular complexity index is 966. The zero-order chi connectivity index (χ0) is 19.4. The van der Waals surface area contributed by atoms with Crippen molar-refractivity contribution in [3.8, 4) is 0 Å². The second-order valence-corrected chi connectivity index (χ2v) is 6.23. The molecule has 2 heterocycles. The first kappa shape index (κ1) is 18.6. The van der Waals surface area contributed by atoms with Gasteiger partial charge in [0, 0.05) is 36.8 Å².